The Labute approximate surface area is 148 Å². The smallest absolute Gasteiger partial charge is 0.159 e. The van der Waals surface area contributed by atoms with Gasteiger partial charge in [0.05, 0.1) is 12.8 Å². The summed E-state index contributed by atoms with van der Waals surface area (Å²) < 4.78 is 1.86. The van der Waals surface area contributed by atoms with Crippen LogP contribution >= 0.6 is 0 Å². The van der Waals surface area contributed by atoms with Gasteiger partial charge >= 0.3 is 0 Å². The first kappa shape index (κ1) is 16.9. The van der Waals surface area contributed by atoms with Gasteiger partial charge in [-0.25, -0.2) is 9.50 Å². The van der Waals surface area contributed by atoms with Gasteiger partial charge in [0.1, 0.15) is 0 Å². The van der Waals surface area contributed by atoms with E-state index < -0.39 is 0 Å². The van der Waals surface area contributed by atoms with Crippen LogP contribution in [0.4, 0.5) is 0 Å². The Morgan fingerprint density at radius 3 is 2.60 bits per heavy atom. The maximum Gasteiger partial charge on any atom is 0.159 e. The van der Waals surface area contributed by atoms with Crippen LogP contribution in [0.5, 0.6) is 0 Å². The van der Waals surface area contributed by atoms with Crippen molar-refractivity contribution in [1.29, 1.82) is 0 Å². The van der Waals surface area contributed by atoms with Crippen molar-refractivity contribution in [3.05, 3.63) is 30.2 Å². The summed E-state index contributed by atoms with van der Waals surface area (Å²) in [6.07, 6.45) is 8.23. The number of hydrogen-bond donors (Lipinski definition) is 1. The van der Waals surface area contributed by atoms with Crippen LogP contribution in [-0.2, 0) is 6.54 Å². The average molecular weight is 344 g/mol. The van der Waals surface area contributed by atoms with E-state index in [0.717, 1.165) is 64.0 Å². The minimum absolute atomic E-state index is 0.275. The molecule has 0 amide bonds. The van der Waals surface area contributed by atoms with Crippen molar-refractivity contribution in [3.63, 3.8) is 0 Å². The van der Waals surface area contributed by atoms with Crippen LogP contribution in [0.15, 0.2) is 24.7 Å². The highest BCUT2D eigenvalue weighted by Crippen LogP contribution is 2.20. The van der Waals surface area contributed by atoms with Gasteiger partial charge in [-0.3, -0.25) is 14.7 Å². The van der Waals surface area contributed by atoms with E-state index in [2.05, 4.69) is 24.8 Å². The highest BCUT2D eigenvalue weighted by molar-refractivity contribution is 5.45. The van der Waals surface area contributed by atoms with E-state index >= 15 is 0 Å². The van der Waals surface area contributed by atoms with Gasteiger partial charge in [-0.2, -0.15) is 5.10 Å². The summed E-state index contributed by atoms with van der Waals surface area (Å²) in [7, 11) is 0. The summed E-state index contributed by atoms with van der Waals surface area (Å²) >= 11 is 0. The molecule has 0 radical (unpaired) electrons. The van der Waals surface area contributed by atoms with E-state index in [1.807, 2.05) is 29.2 Å². The zero-order valence-corrected chi connectivity index (χ0v) is 14.8. The lowest BCUT2D eigenvalue weighted by atomic mass is 10.0. The topological polar surface area (TPSA) is 60.1 Å². The van der Waals surface area contributed by atoms with Crippen LogP contribution in [0, 0.1) is 0 Å². The lowest BCUT2D eigenvalue weighted by molar-refractivity contribution is 0.0517. The molecule has 4 heterocycles. The van der Waals surface area contributed by atoms with Crippen molar-refractivity contribution in [2.24, 2.45) is 0 Å². The van der Waals surface area contributed by atoms with Crippen LogP contribution in [0.1, 0.15) is 18.4 Å². The zero-order valence-electron chi connectivity index (χ0n) is 14.8. The number of likely N-dealkylation sites (tertiary alicyclic amines) is 1. The number of fused-ring (bicyclic) bond motifs is 1. The average Bonchev–Trinajstić information content (AvgIpc) is 3.07. The van der Waals surface area contributed by atoms with Gasteiger partial charge in [0.25, 0.3) is 0 Å². The third-order valence-electron chi connectivity index (χ3n) is 5.64. The third-order valence-corrected chi connectivity index (χ3v) is 5.64. The predicted octanol–water partition coefficient (Wildman–Crippen LogP) is 0.304. The van der Waals surface area contributed by atoms with Gasteiger partial charge in [-0.15, -0.1) is 0 Å². The Morgan fingerprint density at radius 1 is 1.04 bits per heavy atom. The van der Waals surface area contributed by atoms with Crippen molar-refractivity contribution in [2.75, 3.05) is 52.4 Å². The van der Waals surface area contributed by atoms with Crippen molar-refractivity contribution in [1.82, 2.24) is 29.3 Å². The summed E-state index contributed by atoms with van der Waals surface area (Å²) in [5, 5.41) is 13.5. The summed E-state index contributed by atoms with van der Waals surface area (Å²) in [5.74, 6) is 0. The molecule has 0 atom stereocenters. The van der Waals surface area contributed by atoms with Crippen LogP contribution in [0.2, 0.25) is 0 Å². The number of aliphatic hydroxyl groups excluding tert-OH is 1. The third kappa shape index (κ3) is 3.84. The molecule has 0 unspecified atom stereocenters. The Morgan fingerprint density at radius 2 is 1.84 bits per heavy atom. The van der Waals surface area contributed by atoms with Gasteiger partial charge in [0.2, 0.25) is 0 Å². The predicted molar refractivity (Wildman–Crippen MR) is 96.4 cm³/mol. The molecule has 4 rings (SSSR count). The number of nitrogens with zero attached hydrogens (tertiary/aromatic N) is 6. The number of aromatic nitrogens is 3. The number of rotatable bonds is 5. The molecule has 0 aliphatic carbocycles. The first-order chi connectivity index (χ1) is 12.3. The quantitative estimate of drug-likeness (QED) is 0.842. The second-order valence-corrected chi connectivity index (χ2v) is 7.17. The van der Waals surface area contributed by atoms with Crippen molar-refractivity contribution in [3.8, 4) is 0 Å². The monoisotopic (exact) mass is 344 g/mol. The van der Waals surface area contributed by atoms with Gasteiger partial charge in [-0.1, -0.05) is 0 Å². The fourth-order valence-corrected chi connectivity index (χ4v) is 4.16. The summed E-state index contributed by atoms with van der Waals surface area (Å²) in [5.41, 5.74) is 2.20. The van der Waals surface area contributed by atoms with Gasteiger partial charge in [0, 0.05) is 63.3 Å². The van der Waals surface area contributed by atoms with Crippen molar-refractivity contribution in [2.45, 2.75) is 25.4 Å². The molecule has 25 heavy (non-hydrogen) atoms. The van der Waals surface area contributed by atoms with E-state index in [9.17, 15) is 0 Å². The fraction of sp³-hybridized carbons (Fsp3) is 0.667. The molecule has 2 fully saturated rings. The number of aliphatic hydroxyl groups is 1. The largest absolute Gasteiger partial charge is 0.395 e. The van der Waals surface area contributed by atoms with Crippen molar-refractivity contribution >= 4 is 5.65 Å². The van der Waals surface area contributed by atoms with E-state index in [0.29, 0.717) is 0 Å². The van der Waals surface area contributed by atoms with Gasteiger partial charge in [0.15, 0.2) is 5.65 Å². The SMILES string of the molecule is OCCN1CCN(C2CCN(Cc3cnn4cccnc34)CC2)CC1. The zero-order chi connectivity index (χ0) is 17.1. The molecule has 0 bridgehead atoms. The molecule has 0 aromatic carbocycles. The van der Waals surface area contributed by atoms with Crippen molar-refractivity contribution < 1.29 is 5.11 Å². The molecule has 7 nitrogen and oxygen atoms in total. The maximum atomic E-state index is 9.06. The number of piperazine rings is 1. The summed E-state index contributed by atoms with van der Waals surface area (Å²) in [6.45, 7) is 8.79. The Bertz CT molecular complexity index is 673. The molecule has 2 aromatic rings. The molecule has 2 aromatic heterocycles. The molecule has 0 saturated carbocycles. The highest BCUT2D eigenvalue weighted by Gasteiger charge is 2.27. The molecule has 7 heteroatoms. The molecule has 136 valence electrons. The van der Waals surface area contributed by atoms with Crippen LogP contribution < -0.4 is 0 Å². The Balaban J connectivity index is 1.27. The van der Waals surface area contributed by atoms with Crippen LogP contribution in [-0.4, -0.2) is 92.9 Å². The van der Waals surface area contributed by atoms with Crippen LogP contribution in [0.25, 0.3) is 5.65 Å². The minimum atomic E-state index is 0.275. The normalized spacial score (nSPS) is 22.0. The minimum Gasteiger partial charge on any atom is -0.395 e. The molecule has 1 N–H and O–H groups in total. The highest BCUT2D eigenvalue weighted by atomic mass is 16.3. The first-order valence-corrected chi connectivity index (χ1v) is 9.40. The second-order valence-electron chi connectivity index (χ2n) is 7.17. The molecule has 2 saturated heterocycles. The lowest BCUT2D eigenvalue weighted by Gasteiger charge is -2.42. The number of β-amino-alcohol motifs (C(OH)–C–C–N with tert-alkyl or cyclic N) is 1. The summed E-state index contributed by atoms with van der Waals surface area (Å²) in [6, 6.07) is 2.63. The van der Waals surface area contributed by atoms with E-state index in [-0.39, 0.29) is 6.61 Å². The first-order valence-electron chi connectivity index (χ1n) is 9.40. The Hall–Kier alpha value is -1.54. The van der Waals surface area contributed by atoms with Crippen LogP contribution in [0.3, 0.4) is 0 Å². The summed E-state index contributed by atoms with van der Waals surface area (Å²) in [4.78, 5) is 12.0. The molecule has 2 aliphatic rings. The molecule has 0 spiro atoms. The van der Waals surface area contributed by atoms with E-state index in [4.69, 9.17) is 5.11 Å². The van der Waals surface area contributed by atoms with Gasteiger partial charge in [-0.05, 0) is 32.0 Å². The molecular weight excluding hydrogens is 316 g/mol. The van der Waals surface area contributed by atoms with E-state index in [1.165, 1.54) is 18.4 Å². The lowest BCUT2D eigenvalue weighted by Crippen LogP contribution is -2.53. The van der Waals surface area contributed by atoms with Gasteiger partial charge < -0.3 is 5.11 Å². The second kappa shape index (κ2) is 7.78. The number of hydrogen-bond acceptors (Lipinski definition) is 6. The number of piperidine rings is 1. The molecule has 2 aliphatic heterocycles. The standard InChI is InChI=1S/C18H28N6O/c25-13-12-21-8-10-23(11-9-21)17-2-6-22(7-3-17)15-16-14-20-24-5-1-4-19-18(16)24/h1,4-5,14,17,25H,2-3,6-13,15H2. The Kier molecular flexibility index (Phi) is 5.26. The van der Waals surface area contributed by atoms with E-state index in [1.54, 1.807) is 0 Å². The maximum absolute atomic E-state index is 9.06. The molecular formula is C18H28N6O. The fourth-order valence-electron chi connectivity index (χ4n) is 4.16.